The van der Waals surface area contributed by atoms with E-state index in [9.17, 15) is 0 Å². The first-order valence-corrected chi connectivity index (χ1v) is 6.74. The molecule has 0 unspecified atom stereocenters. The van der Waals surface area contributed by atoms with Crippen LogP contribution in [0.4, 0.5) is 0 Å². The molecule has 3 N–H and O–H groups in total. The topological polar surface area (TPSA) is 41.8 Å². The van der Waals surface area contributed by atoms with Crippen LogP contribution in [0.25, 0.3) is 10.9 Å². The Hall–Kier alpha value is -0.550. The van der Waals surface area contributed by atoms with Gasteiger partial charge in [-0.2, -0.15) is 0 Å². The Morgan fingerprint density at radius 2 is 2.12 bits per heavy atom. The summed E-state index contributed by atoms with van der Waals surface area (Å²) >= 11 is 2.39. The average molecular weight is 328 g/mol. The van der Waals surface area contributed by atoms with Gasteiger partial charge >= 0.3 is 0 Å². The zero-order valence-corrected chi connectivity index (χ0v) is 11.9. The van der Waals surface area contributed by atoms with Crippen LogP contribution < -0.4 is 5.73 Å². The van der Waals surface area contributed by atoms with E-state index in [1.54, 1.807) is 0 Å². The SMILES string of the molecule is CCc1cc(I)cc2c(CCN)c(C)[nH]c12. The van der Waals surface area contributed by atoms with E-state index in [0.717, 1.165) is 12.8 Å². The fourth-order valence-corrected chi connectivity index (χ4v) is 2.95. The van der Waals surface area contributed by atoms with Gasteiger partial charge in [0.05, 0.1) is 0 Å². The quantitative estimate of drug-likeness (QED) is 0.835. The maximum atomic E-state index is 5.67. The van der Waals surface area contributed by atoms with Crippen LogP contribution in [0.15, 0.2) is 12.1 Å². The van der Waals surface area contributed by atoms with Crippen molar-refractivity contribution in [2.45, 2.75) is 26.7 Å². The summed E-state index contributed by atoms with van der Waals surface area (Å²) in [6, 6.07) is 4.51. The third kappa shape index (κ3) is 1.98. The molecular formula is C13H17IN2. The molecule has 0 atom stereocenters. The molecule has 0 aliphatic heterocycles. The second-order valence-electron chi connectivity index (χ2n) is 4.11. The highest BCUT2D eigenvalue weighted by Gasteiger charge is 2.11. The molecule has 0 saturated carbocycles. The number of fused-ring (bicyclic) bond motifs is 1. The summed E-state index contributed by atoms with van der Waals surface area (Å²) in [5.41, 5.74) is 11.0. The molecule has 0 aliphatic carbocycles. The van der Waals surface area contributed by atoms with Crippen molar-refractivity contribution in [2.24, 2.45) is 5.73 Å². The molecule has 86 valence electrons. The summed E-state index contributed by atoms with van der Waals surface area (Å²) in [4.78, 5) is 3.50. The first-order chi connectivity index (χ1) is 7.67. The Bertz CT molecular complexity index is 514. The lowest BCUT2D eigenvalue weighted by molar-refractivity contribution is 0.963. The minimum atomic E-state index is 0.709. The van der Waals surface area contributed by atoms with Gasteiger partial charge in [0.2, 0.25) is 0 Å². The Balaban J connectivity index is 2.73. The first kappa shape index (κ1) is 11.9. The lowest BCUT2D eigenvalue weighted by Crippen LogP contribution is -2.03. The van der Waals surface area contributed by atoms with Crippen molar-refractivity contribution in [3.8, 4) is 0 Å². The van der Waals surface area contributed by atoms with Gasteiger partial charge in [0.1, 0.15) is 0 Å². The number of rotatable bonds is 3. The highest BCUT2D eigenvalue weighted by molar-refractivity contribution is 14.1. The Kier molecular flexibility index (Phi) is 3.54. The zero-order chi connectivity index (χ0) is 11.7. The molecule has 0 fully saturated rings. The van der Waals surface area contributed by atoms with Gasteiger partial charge in [-0.15, -0.1) is 0 Å². The van der Waals surface area contributed by atoms with Crippen LogP contribution in [0, 0.1) is 10.5 Å². The van der Waals surface area contributed by atoms with Crippen LogP contribution in [0.2, 0.25) is 0 Å². The summed E-state index contributed by atoms with van der Waals surface area (Å²) in [6.45, 7) is 5.04. The second kappa shape index (κ2) is 4.75. The van der Waals surface area contributed by atoms with E-state index in [-0.39, 0.29) is 0 Å². The molecule has 2 nitrogen and oxygen atoms in total. The van der Waals surface area contributed by atoms with Gasteiger partial charge in [-0.25, -0.2) is 0 Å². The molecule has 0 bridgehead atoms. The maximum absolute atomic E-state index is 5.67. The number of aromatic nitrogens is 1. The molecule has 0 aliphatic rings. The molecule has 2 aromatic rings. The molecular weight excluding hydrogens is 311 g/mol. The second-order valence-corrected chi connectivity index (χ2v) is 5.35. The normalized spacial score (nSPS) is 11.2. The fraction of sp³-hybridized carbons (Fsp3) is 0.385. The highest BCUT2D eigenvalue weighted by atomic mass is 127. The van der Waals surface area contributed by atoms with E-state index in [1.165, 1.54) is 31.3 Å². The predicted octanol–water partition coefficient (Wildman–Crippen LogP) is 3.14. The number of hydrogen-bond acceptors (Lipinski definition) is 1. The van der Waals surface area contributed by atoms with E-state index in [2.05, 4.69) is 53.6 Å². The average Bonchev–Trinajstić information content (AvgIpc) is 2.56. The summed E-state index contributed by atoms with van der Waals surface area (Å²) in [7, 11) is 0. The lowest BCUT2D eigenvalue weighted by Gasteiger charge is -2.02. The summed E-state index contributed by atoms with van der Waals surface area (Å²) in [5, 5.41) is 1.35. The maximum Gasteiger partial charge on any atom is 0.0492 e. The van der Waals surface area contributed by atoms with Gasteiger partial charge < -0.3 is 10.7 Å². The molecule has 0 radical (unpaired) electrons. The Morgan fingerprint density at radius 3 is 2.75 bits per heavy atom. The van der Waals surface area contributed by atoms with Crippen molar-refractivity contribution in [3.63, 3.8) is 0 Å². The summed E-state index contributed by atoms with van der Waals surface area (Å²) < 4.78 is 1.30. The van der Waals surface area contributed by atoms with Gasteiger partial charge in [0, 0.05) is 20.2 Å². The smallest absolute Gasteiger partial charge is 0.0492 e. The number of nitrogens with one attached hydrogen (secondary N) is 1. The van der Waals surface area contributed by atoms with E-state index >= 15 is 0 Å². The summed E-state index contributed by atoms with van der Waals surface area (Å²) in [6.07, 6.45) is 2.02. The van der Waals surface area contributed by atoms with Crippen LogP contribution in [0.5, 0.6) is 0 Å². The zero-order valence-electron chi connectivity index (χ0n) is 9.73. The monoisotopic (exact) mass is 328 g/mol. The molecule has 3 heteroatoms. The highest BCUT2D eigenvalue weighted by Crippen LogP contribution is 2.28. The van der Waals surface area contributed by atoms with Gasteiger partial charge in [0.25, 0.3) is 0 Å². The van der Waals surface area contributed by atoms with Crippen molar-refractivity contribution >= 4 is 33.5 Å². The summed E-state index contributed by atoms with van der Waals surface area (Å²) in [5.74, 6) is 0. The van der Waals surface area contributed by atoms with Crippen LogP contribution in [-0.2, 0) is 12.8 Å². The molecule has 0 spiro atoms. The van der Waals surface area contributed by atoms with Gasteiger partial charge in [0.15, 0.2) is 0 Å². The standard InChI is InChI=1S/C13H17IN2/c1-3-9-6-10(14)7-12-11(4-5-15)8(2)16-13(9)12/h6-7,16H,3-5,15H2,1-2H3. The number of halogens is 1. The largest absolute Gasteiger partial charge is 0.358 e. The predicted molar refractivity (Wildman–Crippen MR) is 77.9 cm³/mol. The molecule has 0 saturated heterocycles. The van der Waals surface area contributed by atoms with Gasteiger partial charge in [-0.05, 0) is 72.2 Å². The van der Waals surface area contributed by atoms with E-state index < -0.39 is 0 Å². The molecule has 1 heterocycles. The molecule has 1 aromatic carbocycles. The minimum absolute atomic E-state index is 0.709. The number of hydrogen-bond donors (Lipinski definition) is 2. The van der Waals surface area contributed by atoms with Crippen molar-refractivity contribution < 1.29 is 0 Å². The van der Waals surface area contributed by atoms with E-state index in [0.29, 0.717) is 6.54 Å². The number of aryl methyl sites for hydroxylation is 2. The van der Waals surface area contributed by atoms with Crippen LogP contribution in [-0.4, -0.2) is 11.5 Å². The number of nitrogens with two attached hydrogens (primary N) is 1. The number of benzene rings is 1. The molecule has 0 amide bonds. The fourth-order valence-electron chi connectivity index (χ4n) is 2.26. The van der Waals surface area contributed by atoms with Crippen LogP contribution in [0.3, 0.4) is 0 Å². The van der Waals surface area contributed by atoms with E-state index in [1.807, 2.05) is 0 Å². The van der Waals surface area contributed by atoms with Crippen LogP contribution >= 0.6 is 22.6 Å². The minimum Gasteiger partial charge on any atom is -0.358 e. The lowest BCUT2D eigenvalue weighted by atomic mass is 10.0. The Morgan fingerprint density at radius 1 is 1.38 bits per heavy atom. The first-order valence-electron chi connectivity index (χ1n) is 5.67. The third-order valence-electron chi connectivity index (χ3n) is 3.05. The van der Waals surface area contributed by atoms with Crippen molar-refractivity contribution in [3.05, 3.63) is 32.5 Å². The number of aromatic amines is 1. The van der Waals surface area contributed by atoms with E-state index in [4.69, 9.17) is 5.73 Å². The van der Waals surface area contributed by atoms with Gasteiger partial charge in [-0.3, -0.25) is 0 Å². The van der Waals surface area contributed by atoms with Crippen molar-refractivity contribution in [1.82, 2.24) is 4.98 Å². The number of H-pyrrole nitrogens is 1. The molecule has 2 rings (SSSR count). The van der Waals surface area contributed by atoms with Crippen LogP contribution in [0.1, 0.15) is 23.7 Å². The Labute approximate surface area is 110 Å². The van der Waals surface area contributed by atoms with Gasteiger partial charge in [-0.1, -0.05) is 6.92 Å². The third-order valence-corrected chi connectivity index (χ3v) is 3.67. The molecule has 1 aromatic heterocycles. The van der Waals surface area contributed by atoms with Crippen molar-refractivity contribution in [2.75, 3.05) is 6.54 Å². The van der Waals surface area contributed by atoms with Crippen molar-refractivity contribution in [1.29, 1.82) is 0 Å². The molecule has 16 heavy (non-hydrogen) atoms.